The van der Waals surface area contributed by atoms with Crippen LogP contribution < -0.4 is 15.2 Å². The molecule has 27 heavy (non-hydrogen) atoms. The maximum atomic E-state index is 13.9. The molecule has 0 saturated carbocycles. The number of hydrogen-bond acceptors (Lipinski definition) is 5. The Labute approximate surface area is 165 Å². The first-order valence-electron chi connectivity index (χ1n) is 8.08. The van der Waals surface area contributed by atoms with E-state index in [1.807, 2.05) is 6.92 Å². The van der Waals surface area contributed by atoms with Crippen molar-refractivity contribution in [2.45, 2.75) is 13.5 Å². The summed E-state index contributed by atoms with van der Waals surface area (Å²) in [5.74, 6) is 0.115. The van der Waals surface area contributed by atoms with Crippen LogP contribution in [0.4, 0.5) is 4.39 Å². The molecule has 0 aliphatic carbocycles. The van der Waals surface area contributed by atoms with Crippen molar-refractivity contribution in [3.8, 4) is 11.5 Å². The highest BCUT2D eigenvalue weighted by Crippen LogP contribution is 2.33. The van der Waals surface area contributed by atoms with Gasteiger partial charge in [-0.2, -0.15) is 4.99 Å². The zero-order valence-corrected chi connectivity index (χ0v) is 15.9. The average Bonchev–Trinajstić information content (AvgIpc) is 2.93. The highest BCUT2D eigenvalue weighted by molar-refractivity contribution is 8.18. The number of benzene rings is 2. The van der Waals surface area contributed by atoms with Gasteiger partial charge in [0.15, 0.2) is 16.7 Å². The topological polar surface area (TPSA) is 73.9 Å². The number of aliphatic imine (C=N–C) groups is 1. The number of carbonyl (C=O) groups is 1. The molecule has 1 amide bonds. The molecule has 0 bridgehead atoms. The summed E-state index contributed by atoms with van der Waals surface area (Å²) in [6, 6.07) is 9.65. The number of thioether (sulfide) groups is 1. The fourth-order valence-corrected chi connectivity index (χ4v) is 3.30. The van der Waals surface area contributed by atoms with Gasteiger partial charge in [0.2, 0.25) is 0 Å². The number of nitrogens with zero attached hydrogens (tertiary/aromatic N) is 1. The van der Waals surface area contributed by atoms with Crippen molar-refractivity contribution in [2.75, 3.05) is 6.61 Å². The summed E-state index contributed by atoms with van der Waals surface area (Å²) in [5.41, 5.74) is 6.56. The molecule has 0 fully saturated rings. The van der Waals surface area contributed by atoms with Crippen molar-refractivity contribution in [3.05, 3.63) is 63.3 Å². The first-order chi connectivity index (χ1) is 13.0. The molecule has 2 aromatic carbocycles. The first kappa shape index (κ1) is 19.3. The SMILES string of the molecule is CCOc1cc(C=C2SC(N)=NC2=O)ccc1OCc1c(F)cccc1Cl. The molecule has 0 radical (unpaired) electrons. The van der Waals surface area contributed by atoms with Crippen LogP contribution >= 0.6 is 23.4 Å². The van der Waals surface area contributed by atoms with Crippen LogP contribution in [0.5, 0.6) is 11.5 Å². The van der Waals surface area contributed by atoms with Gasteiger partial charge in [-0.3, -0.25) is 4.79 Å². The third-order valence-electron chi connectivity index (χ3n) is 3.64. The molecule has 140 valence electrons. The third kappa shape index (κ3) is 4.61. The third-order valence-corrected chi connectivity index (χ3v) is 4.80. The summed E-state index contributed by atoms with van der Waals surface area (Å²) in [7, 11) is 0. The zero-order chi connectivity index (χ0) is 19.4. The molecule has 3 rings (SSSR count). The summed E-state index contributed by atoms with van der Waals surface area (Å²) in [5, 5.41) is 0.515. The van der Waals surface area contributed by atoms with E-state index in [4.69, 9.17) is 26.8 Å². The van der Waals surface area contributed by atoms with Gasteiger partial charge < -0.3 is 15.2 Å². The van der Waals surface area contributed by atoms with Gasteiger partial charge in [0, 0.05) is 5.56 Å². The van der Waals surface area contributed by atoms with Gasteiger partial charge in [-0.25, -0.2) is 4.39 Å². The number of amidine groups is 1. The summed E-state index contributed by atoms with van der Waals surface area (Å²) in [6.45, 7) is 2.22. The molecule has 1 aliphatic rings. The largest absolute Gasteiger partial charge is 0.490 e. The Morgan fingerprint density at radius 2 is 2.07 bits per heavy atom. The van der Waals surface area contributed by atoms with E-state index in [2.05, 4.69) is 4.99 Å². The van der Waals surface area contributed by atoms with Crippen molar-refractivity contribution >= 4 is 40.5 Å². The van der Waals surface area contributed by atoms with E-state index in [0.717, 1.165) is 17.3 Å². The van der Waals surface area contributed by atoms with E-state index in [9.17, 15) is 9.18 Å². The summed E-state index contributed by atoms with van der Waals surface area (Å²) in [4.78, 5) is 15.8. The van der Waals surface area contributed by atoms with Crippen LogP contribution in [0.2, 0.25) is 5.02 Å². The molecule has 8 heteroatoms. The van der Waals surface area contributed by atoms with Gasteiger partial charge in [-0.15, -0.1) is 0 Å². The minimum Gasteiger partial charge on any atom is -0.490 e. The van der Waals surface area contributed by atoms with Crippen LogP contribution in [0.15, 0.2) is 46.3 Å². The fourth-order valence-electron chi connectivity index (χ4n) is 2.40. The Kier molecular flexibility index (Phi) is 6.03. The lowest BCUT2D eigenvalue weighted by molar-refractivity contribution is -0.113. The number of carbonyl (C=O) groups excluding carboxylic acids is 1. The molecule has 0 aromatic heterocycles. The predicted molar refractivity (Wildman–Crippen MR) is 106 cm³/mol. The molecule has 1 aliphatic heterocycles. The van der Waals surface area contributed by atoms with E-state index in [1.54, 1.807) is 30.3 Å². The monoisotopic (exact) mass is 406 g/mol. The molecular formula is C19H16ClFN2O3S. The molecule has 0 atom stereocenters. The lowest BCUT2D eigenvalue weighted by Gasteiger charge is -2.14. The molecule has 5 nitrogen and oxygen atoms in total. The van der Waals surface area contributed by atoms with Crippen LogP contribution in [-0.4, -0.2) is 17.7 Å². The number of amides is 1. The van der Waals surface area contributed by atoms with Crippen LogP contribution in [0.1, 0.15) is 18.1 Å². The van der Waals surface area contributed by atoms with Crippen molar-refractivity contribution in [3.63, 3.8) is 0 Å². The maximum Gasteiger partial charge on any atom is 0.286 e. The lowest BCUT2D eigenvalue weighted by atomic mass is 10.1. The Balaban J connectivity index is 1.82. The fraction of sp³-hybridized carbons (Fsp3) is 0.158. The molecule has 0 spiro atoms. The van der Waals surface area contributed by atoms with Gasteiger partial charge in [-0.1, -0.05) is 23.7 Å². The lowest BCUT2D eigenvalue weighted by Crippen LogP contribution is -2.02. The van der Waals surface area contributed by atoms with Gasteiger partial charge in [0.05, 0.1) is 16.5 Å². The Hall–Kier alpha value is -2.51. The minimum absolute atomic E-state index is 0.0370. The maximum absolute atomic E-state index is 13.9. The van der Waals surface area contributed by atoms with Crippen LogP contribution in [0.3, 0.4) is 0 Å². The van der Waals surface area contributed by atoms with Crippen molar-refractivity contribution in [1.82, 2.24) is 0 Å². The number of hydrogen-bond donors (Lipinski definition) is 1. The number of halogens is 2. The van der Waals surface area contributed by atoms with E-state index in [1.165, 1.54) is 12.1 Å². The van der Waals surface area contributed by atoms with Crippen LogP contribution in [0, 0.1) is 5.82 Å². The minimum atomic E-state index is -0.434. The molecule has 2 N–H and O–H groups in total. The number of ether oxygens (including phenoxy) is 2. The second-order valence-corrected chi connectivity index (χ2v) is 6.96. The highest BCUT2D eigenvalue weighted by Gasteiger charge is 2.19. The zero-order valence-electron chi connectivity index (χ0n) is 14.4. The molecule has 1 heterocycles. The second kappa shape index (κ2) is 8.45. The van der Waals surface area contributed by atoms with Crippen molar-refractivity contribution in [2.24, 2.45) is 10.7 Å². The Morgan fingerprint density at radius 1 is 1.26 bits per heavy atom. The van der Waals surface area contributed by atoms with E-state index in [-0.39, 0.29) is 23.2 Å². The quantitative estimate of drug-likeness (QED) is 0.720. The number of rotatable bonds is 6. The average molecular weight is 407 g/mol. The van der Waals surface area contributed by atoms with Crippen LogP contribution in [-0.2, 0) is 11.4 Å². The Morgan fingerprint density at radius 3 is 2.74 bits per heavy atom. The molecular weight excluding hydrogens is 391 g/mol. The summed E-state index contributed by atoms with van der Waals surface area (Å²) >= 11 is 7.14. The van der Waals surface area contributed by atoms with Crippen molar-refractivity contribution in [1.29, 1.82) is 0 Å². The second-order valence-electron chi connectivity index (χ2n) is 5.49. The van der Waals surface area contributed by atoms with Gasteiger partial charge >= 0.3 is 0 Å². The van der Waals surface area contributed by atoms with E-state index >= 15 is 0 Å². The molecule has 2 aromatic rings. The first-order valence-corrected chi connectivity index (χ1v) is 9.28. The highest BCUT2D eigenvalue weighted by atomic mass is 35.5. The molecule has 0 unspecified atom stereocenters. The van der Waals surface area contributed by atoms with Gasteiger partial charge in [-0.05, 0) is 54.6 Å². The predicted octanol–water partition coefficient (Wildman–Crippen LogP) is 4.39. The van der Waals surface area contributed by atoms with Crippen LogP contribution in [0.25, 0.3) is 6.08 Å². The van der Waals surface area contributed by atoms with Gasteiger partial charge in [0.25, 0.3) is 5.91 Å². The van der Waals surface area contributed by atoms with Gasteiger partial charge in [0.1, 0.15) is 12.4 Å². The smallest absolute Gasteiger partial charge is 0.286 e. The summed E-state index contributed by atoms with van der Waals surface area (Å²) in [6.07, 6.45) is 1.68. The van der Waals surface area contributed by atoms with E-state index < -0.39 is 5.82 Å². The number of nitrogens with two attached hydrogens (primary N) is 1. The summed E-state index contributed by atoms with van der Waals surface area (Å²) < 4.78 is 25.2. The normalized spacial score (nSPS) is 15.1. The molecule has 0 saturated heterocycles. The van der Waals surface area contributed by atoms with Crippen molar-refractivity contribution < 1.29 is 18.7 Å². The van der Waals surface area contributed by atoms with E-state index in [0.29, 0.717) is 28.0 Å². The Bertz CT molecular complexity index is 926. The standard InChI is InChI=1S/C19H16ClFN2O3S/c1-2-25-16-8-11(9-17-18(24)23-19(22)27-17)6-7-15(16)26-10-12-13(20)4-3-5-14(12)21/h3-9H,2,10H2,1H3,(H2,22,23,24).